The Morgan fingerprint density at radius 2 is 1.93 bits per heavy atom. The maximum atomic E-state index is 10.6. The number of benzene rings is 1. The molecule has 0 bridgehead atoms. The van der Waals surface area contributed by atoms with E-state index < -0.39 is 11.7 Å². The second-order valence-corrected chi connectivity index (χ2v) is 2.58. The first-order chi connectivity index (χ1) is 7.06. The number of phenols is 2. The van der Waals surface area contributed by atoms with Crippen LogP contribution in [-0.2, 0) is 4.79 Å². The van der Waals surface area contributed by atoms with Gasteiger partial charge < -0.3 is 15.3 Å². The van der Waals surface area contributed by atoms with E-state index in [1.54, 1.807) is 0 Å². The molecule has 0 fully saturated rings. The van der Waals surface area contributed by atoms with E-state index in [4.69, 9.17) is 10.2 Å². The normalized spacial score (nSPS) is 8.80. The molecule has 0 aliphatic carbocycles. The van der Waals surface area contributed by atoms with Gasteiger partial charge >= 0.3 is 5.97 Å². The fraction of sp³-hybridized carbons (Fsp3) is 0. The van der Waals surface area contributed by atoms with Crippen molar-refractivity contribution in [1.29, 1.82) is 0 Å². The monoisotopic (exact) mass is 206 g/mol. The summed E-state index contributed by atoms with van der Waals surface area (Å²) in [4.78, 5) is 20.6. The summed E-state index contributed by atoms with van der Waals surface area (Å²) in [5.41, 5.74) is -0.416. The summed E-state index contributed by atoms with van der Waals surface area (Å²) in [5.74, 6) is 1.98. The summed E-state index contributed by atoms with van der Waals surface area (Å²) < 4.78 is 0. The zero-order valence-corrected chi connectivity index (χ0v) is 7.39. The third-order valence-electron chi connectivity index (χ3n) is 1.61. The highest BCUT2D eigenvalue weighted by molar-refractivity contribution is 5.92. The van der Waals surface area contributed by atoms with Crippen LogP contribution in [0.4, 0.5) is 0 Å². The van der Waals surface area contributed by atoms with Crippen LogP contribution in [0, 0.1) is 11.8 Å². The van der Waals surface area contributed by atoms with Gasteiger partial charge in [-0.25, -0.2) is 4.79 Å². The van der Waals surface area contributed by atoms with Crippen LogP contribution in [0.1, 0.15) is 15.9 Å². The molecule has 3 N–H and O–H groups in total. The summed E-state index contributed by atoms with van der Waals surface area (Å²) in [6, 6.07) is 1.85. The number of aldehydes is 1. The third kappa shape index (κ3) is 2.25. The molecule has 0 saturated carbocycles. The Morgan fingerprint density at radius 1 is 1.27 bits per heavy atom. The predicted molar refractivity (Wildman–Crippen MR) is 49.7 cm³/mol. The molecule has 1 aromatic rings. The van der Waals surface area contributed by atoms with Gasteiger partial charge in [0.1, 0.15) is 17.1 Å². The number of carboxylic acid groups (broad SMARTS) is 1. The van der Waals surface area contributed by atoms with Crippen LogP contribution < -0.4 is 0 Å². The third-order valence-corrected chi connectivity index (χ3v) is 1.61. The van der Waals surface area contributed by atoms with Gasteiger partial charge in [0.15, 0.2) is 6.29 Å². The van der Waals surface area contributed by atoms with Crippen molar-refractivity contribution >= 4 is 12.3 Å². The quantitative estimate of drug-likeness (QED) is 0.455. The molecular weight excluding hydrogens is 200 g/mol. The number of hydrogen-bond donors (Lipinski definition) is 3. The summed E-state index contributed by atoms with van der Waals surface area (Å²) in [6.45, 7) is 0. The summed E-state index contributed by atoms with van der Waals surface area (Å²) in [5, 5.41) is 27.1. The molecule has 0 spiro atoms. The second-order valence-electron chi connectivity index (χ2n) is 2.58. The number of carboxylic acids is 1. The molecule has 0 aliphatic heterocycles. The maximum absolute atomic E-state index is 10.6. The molecule has 0 unspecified atom stereocenters. The van der Waals surface area contributed by atoms with Crippen LogP contribution in [0.3, 0.4) is 0 Å². The molecule has 76 valence electrons. The van der Waals surface area contributed by atoms with Crippen LogP contribution in [-0.4, -0.2) is 27.6 Å². The number of hydrogen-bond acceptors (Lipinski definition) is 4. The number of phenolic OH excluding ortho intramolecular Hbond substituents is 1. The van der Waals surface area contributed by atoms with E-state index in [1.165, 1.54) is 0 Å². The van der Waals surface area contributed by atoms with Crippen LogP contribution in [0.15, 0.2) is 12.1 Å². The molecule has 0 atom stereocenters. The molecule has 1 rings (SSSR count). The van der Waals surface area contributed by atoms with Crippen molar-refractivity contribution in [1.82, 2.24) is 0 Å². The molecule has 0 heterocycles. The number of aromatic carboxylic acids is 1. The summed E-state index contributed by atoms with van der Waals surface area (Å²) >= 11 is 0. The van der Waals surface area contributed by atoms with Gasteiger partial charge in [-0.15, -0.1) is 0 Å². The second kappa shape index (κ2) is 4.15. The zero-order valence-electron chi connectivity index (χ0n) is 7.39. The Hall–Kier alpha value is -2.48. The number of rotatable bonds is 1. The maximum Gasteiger partial charge on any atom is 0.339 e. The van der Waals surface area contributed by atoms with Gasteiger partial charge in [-0.2, -0.15) is 0 Å². The first-order valence-corrected chi connectivity index (χ1v) is 3.80. The molecule has 0 aromatic heterocycles. The van der Waals surface area contributed by atoms with E-state index in [-0.39, 0.29) is 16.9 Å². The molecule has 5 heteroatoms. The minimum Gasteiger partial charge on any atom is -0.507 e. The van der Waals surface area contributed by atoms with Gasteiger partial charge in [-0.1, -0.05) is 5.92 Å². The van der Waals surface area contributed by atoms with Crippen LogP contribution in [0.5, 0.6) is 11.5 Å². The Kier molecular flexibility index (Phi) is 2.94. The number of aromatic hydroxyl groups is 2. The highest BCUT2D eigenvalue weighted by atomic mass is 16.4. The molecule has 5 nitrogen and oxygen atoms in total. The molecule has 0 aliphatic rings. The van der Waals surface area contributed by atoms with Crippen molar-refractivity contribution in [2.45, 2.75) is 0 Å². The molecule has 0 saturated heterocycles. The van der Waals surface area contributed by atoms with E-state index in [2.05, 4.69) is 5.92 Å². The molecule has 0 radical (unpaired) electrons. The van der Waals surface area contributed by atoms with Crippen molar-refractivity contribution in [3.8, 4) is 23.3 Å². The van der Waals surface area contributed by atoms with Gasteiger partial charge in [0.25, 0.3) is 0 Å². The molecule has 0 amide bonds. The largest absolute Gasteiger partial charge is 0.507 e. The first-order valence-electron chi connectivity index (χ1n) is 3.80. The average molecular weight is 206 g/mol. The Morgan fingerprint density at radius 3 is 2.47 bits per heavy atom. The minimum atomic E-state index is -1.35. The Balaban J connectivity index is 3.35. The van der Waals surface area contributed by atoms with Crippen LogP contribution in [0.2, 0.25) is 0 Å². The molecule has 1 aromatic carbocycles. The van der Waals surface area contributed by atoms with Crippen molar-refractivity contribution < 1.29 is 24.9 Å². The zero-order chi connectivity index (χ0) is 11.4. The summed E-state index contributed by atoms with van der Waals surface area (Å²) in [7, 11) is 0. The summed E-state index contributed by atoms with van der Waals surface area (Å²) in [6.07, 6.45) is 0.312. The van der Waals surface area contributed by atoms with E-state index in [0.717, 1.165) is 12.1 Å². The van der Waals surface area contributed by atoms with Crippen molar-refractivity contribution in [3.63, 3.8) is 0 Å². The van der Waals surface area contributed by atoms with E-state index >= 15 is 0 Å². The smallest absolute Gasteiger partial charge is 0.339 e. The highest BCUT2D eigenvalue weighted by Gasteiger charge is 2.12. The van der Waals surface area contributed by atoms with Gasteiger partial charge in [0.05, 0.1) is 5.56 Å². The van der Waals surface area contributed by atoms with Gasteiger partial charge in [0, 0.05) is 6.07 Å². The van der Waals surface area contributed by atoms with Crippen molar-refractivity contribution in [2.24, 2.45) is 0 Å². The minimum absolute atomic E-state index is 0.0303. The van der Waals surface area contributed by atoms with Gasteiger partial charge in [-0.3, -0.25) is 4.79 Å². The van der Waals surface area contributed by atoms with E-state index in [1.807, 2.05) is 5.92 Å². The number of carbonyl (C=O) groups excluding carboxylic acids is 1. The Bertz CT molecular complexity index is 479. The lowest BCUT2D eigenvalue weighted by Crippen LogP contribution is -1.97. The van der Waals surface area contributed by atoms with Crippen LogP contribution in [0.25, 0.3) is 0 Å². The molecule has 15 heavy (non-hydrogen) atoms. The van der Waals surface area contributed by atoms with Gasteiger partial charge in [0.2, 0.25) is 0 Å². The van der Waals surface area contributed by atoms with E-state index in [9.17, 15) is 14.7 Å². The SMILES string of the molecule is O=CC#Cc1cc(C(=O)O)c(O)cc1O. The first kappa shape index (κ1) is 10.6. The van der Waals surface area contributed by atoms with E-state index in [0.29, 0.717) is 6.29 Å². The van der Waals surface area contributed by atoms with Gasteiger partial charge in [-0.05, 0) is 12.0 Å². The van der Waals surface area contributed by atoms with Crippen molar-refractivity contribution in [2.75, 3.05) is 0 Å². The average Bonchev–Trinajstić information content (AvgIpc) is 2.16. The fourth-order valence-electron chi connectivity index (χ4n) is 0.956. The number of carbonyl (C=O) groups is 2. The lowest BCUT2D eigenvalue weighted by atomic mass is 10.1. The Labute approximate surface area is 84.6 Å². The lowest BCUT2D eigenvalue weighted by molar-refractivity contribution is -0.103. The standard InChI is InChI=1S/C10H6O5/c11-3-1-2-6-4-7(10(14)15)9(13)5-8(6)12/h3-5,12-13H,(H,14,15). The lowest BCUT2D eigenvalue weighted by Gasteiger charge is -2.02. The molecular formula is C10H6O5. The van der Waals surface area contributed by atoms with Crippen LogP contribution >= 0.6 is 0 Å². The highest BCUT2D eigenvalue weighted by Crippen LogP contribution is 2.26. The van der Waals surface area contributed by atoms with Crippen molar-refractivity contribution in [3.05, 3.63) is 23.3 Å². The topological polar surface area (TPSA) is 94.8 Å². The fourth-order valence-corrected chi connectivity index (χ4v) is 0.956. The predicted octanol–water partition coefficient (Wildman–Crippen LogP) is 0.346.